The van der Waals surface area contributed by atoms with Gasteiger partial charge in [-0.25, -0.2) is 13.5 Å². The molecule has 0 aliphatic rings. The Balaban J connectivity index is 2.60. The quantitative estimate of drug-likeness (QED) is 0.597. The third-order valence-electron chi connectivity index (χ3n) is 2.16. The molecule has 0 atom stereocenters. The van der Waals surface area contributed by atoms with Gasteiger partial charge in [-0.05, 0) is 13.0 Å². The van der Waals surface area contributed by atoms with Crippen LogP contribution in [-0.4, -0.2) is 14.7 Å². The maximum absolute atomic E-state index is 13.6. The molecule has 0 N–H and O–H groups in total. The summed E-state index contributed by atoms with van der Waals surface area (Å²) in [6.45, 7) is 1.66. The van der Waals surface area contributed by atoms with E-state index >= 15 is 0 Å². The smallest absolute Gasteiger partial charge is 0.258 e. The van der Waals surface area contributed by atoms with Crippen molar-refractivity contribution in [1.82, 2.24) is 9.78 Å². The number of hydrogen-bond donors (Lipinski definition) is 0. The Hall–Kier alpha value is -2.31. The van der Waals surface area contributed by atoms with Crippen molar-refractivity contribution in [3.05, 3.63) is 51.8 Å². The highest BCUT2D eigenvalue weighted by atomic mass is 19.1. The molecule has 0 saturated carbocycles. The van der Waals surface area contributed by atoms with Crippen molar-refractivity contribution in [3.63, 3.8) is 0 Å². The molecule has 1 aromatic heterocycles. The fourth-order valence-electron chi connectivity index (χ4n) is 1.42. The van der Waals surface area contributed by atoms with Gasteiger partial charge < -0.3 is 0 Å². The monoisotopic (exact) mass is 239 g/mol. The molecule has 2 rings (SSSR count). The summed E-state index contributed by atoms with van der Waals surface area (Å²) in [7, 11) is 0. The Morgan fingerprint density at radius 1 is 1.35 bits per heavy atom. The van der Waals surface area contributed by atoms with Crippen molar-refractivity contribution in [3.8, 4) is 5.69 Å². The highest BCUT2D eigenvalue weighted by Crippen LogP contribution is 2.23. The van der Waals surface area contributed by atoms with Gasteiger partial charge >= 0.3 is 0 Å². The summed E-state index contributed by atoms with van der Waals surface area (Å²) in [5.41, 5.74) is -0.474. The zero-order valence-corrected chi connectivity index (χ0v) is 8.72. The predicted molar refractivity (Wildman–Crippen MR) is 54.9 cm³/mol. The van der Waals surface area contributed by atoms with Crippen LogP contribution in [0.25, 0.3) is 5.69 Å². The molecule has 2 aromatic rings. The summed E-state index contributed by atoms with van der Waals surface area (Å²) in [4.78, 5) is 9.55. The minimum absolute atomic E-state index is 0.427. The van der Waals surface area contributed by atoms with E-state index in [9.17, 15) is 18.9 Å². The fourth-order valence-corrected chi connectivity index (χ4v) is 1.42. The standard InChI is InChI=1S/C10H7F2N3O2/c1-6-2-3-14(13-6)10-8(11)4-7(15(16)17)5-9(10)12/h2-5H,1H3. The molecule has 88 valence electrons. The average molecular weight is 239 g/mol. The third-order valence-corrected chi connectivity index (χ3v) is 2.16. The molecule has 0 fully saturated rings. The van der Waals surface area contributed by atoms with Gasteiger partial charge in [-0.15, -0.1) is 0 Å². The van der Waals surface area contributed by atoms with Gasteiger partial charge in [0, 0.05) is 6.20 Å². The molecular weight excluding hydrogens is 232 g/mol. The number of non-ortho nitro benzene ring substituents is 1. The van der Waals surface area contributed by atoms with E-state index in [4.69, 9.17) is 0 Å². The molecule has 17 heavy (non-hydrogen) atoms. The van der Waals surface area contributed by atoms with Crippen LogP contribution in [0.4, 0.5) is 14.5 Å². The van der Waals surface area contributed by atoms with E-state index in [1.54, 1.807) is 13.0 Å². The summed E-state index contributed by atoms with van der Waals surface area (Å²) in [6.07, 6.45) is 1.38. The van der Waals surface area contributed by atoms with E-state index < -0.39 is 27.9 Å². The predicted octanol–water partition coefficient (Wildman–Crippen LogP) is 2.37. The normalized spacial score (nSPS) is 10.5. The van der Waals surface area contributed by atoms with Gasteiger partial charge in [-0.1, -0.05) is 0 Å². The van der Waals surface area contributed by atoms with Gasteiger partial charge in [-0.2, -0.15) is 5.10 Å². The van der Waals surface area contributed by atoms with Crippen molar-refractivity contribution in [2.75, 3.05) is 0 Å². The van der Waals surface area contributed by atoms with Crippen LogP contribution in [-0.2, 0) is 0 Å². The maximum Gasteiger partial charge on any atom is 0.275 e. The van der Waals surface area contributed by atoms with Crippen molar-refractivity contribution >= 4 is 5.69 Å². The summed E-state index contributed by atoms with van der Waals surface area (Å²) in [5, 5.41) is 14.3. The van der Waals surface area contributed by atoms with Crippen LogP contribution in [0, 0.1) is 28.7 Å². The lowest BCUT2D eigenvalue weighted by Gasteiger charge is -2.04. The van der Waals surface area contributed by atoms with Crippen molar-refractivity contribution in [2.24, 2.45) is 0 Å². The van der Waals surface area contributed by atoms with Crippen molar-refractivity contribution in [2.45, 2.75) is 6.92 Å². The molecule has 0 unspecified atom stereocenters. The van der Waals surface area contributed by atoms with E-state index in [1.807, 2.05) is 0 Å². The van der Waals surface area contributed by atoms with Gasteiger partial charge in [0.2, 0.25) is 0 Å². The van der Waals surface area contributed by atoms with E-state index in [0.29, 0.717) is 17.8 Å². The Morgan fingerprint density at radius 2 is 1.94 bits per heavy atom. The number of benzene rings is 1. The lowest BCUT2D eigenvalue weighted by molar-refractivity contribution is -0.385. The Morgan fingerprint density at radius 3 is 2.35 bits per heavy atom. The number of aromatic nitrogens is 2. The Labute approximate surface area is 94.4 Å². The number of nitro benzene ring substituents is 1. The summed E-state index contributed by atoms with van der Waals surface area (Å²) < 4.78 is 28.1. The molecule has 0 radical (unpaired) electrons. The molecule has 1 heterocycles. The lowest BCUT2D eigenvalue weighted by Crippen LogP contribution is -2.04. The molecule has 7 heteroatoms. The lowest BCUT2D eigenvalue weighted by atomic mass is 10.2. The molecule has 0 amide bonds. The number of aryl methyl sites for hydroxylation is 1. The first kappa shape index (κ1) is 11.2. The van der Waals surface area contributed by atoms with Crippen LogP contribution in [0.15, 0.2) is 24.4 Å². The molecule has 5 nitrogen and oxygen atoms in total. The number of nitrogens with zero attached hydrogens (tertiary/aromatic N) is 3. The third kappa shape index (κ3) is 1.99. The largest absolute Gasteiger partial charge is 0.275 e. The minimum Gasteiger partial charge on any atom is -0.258 e. The summed E-state index contributed by atoms with van der Waals surface area (Å²) >= 11 is 0. The SMILES string of the molecule is Cc1ccn(-c2c(F)cc([N+](=O)[O-])cc2F)n1. The van der Waals surface area contributed by atoms with Crippen LogP contribution >= 0.6 is 0 Å². The number of nitro groups is 1. The summed E-state index contributed by atoms with van der Waals surface area (Å²) in [5.74, 6) is -2.06. The van der Waals surface area contributed by atoms with Gasteiger partial charge in [0.1, 0.15) is 5.69 Å². The highest BCUT2D eigenvalue weighted by Gasteiger charge is 2.18. The second kappa shape index (κ2) is 3.93. The molecular formula is C10H7F2N3O2. The van der Waals surface area contributed by atoms with E-state index in [0.717, 1.165) is 4.68 Å². The van der Waals surface area contributed by atoms with Gasteiger partial charge in [-0.3, -0.25) is 10.1 Å². The van der Waals surface area contributed by atoms with Gasteiger partial charge in [0.25, 0.3) is 5.69 Å². The van der Waals surface area contributed by atoms with Gasteiger partial charge in [0.15, 0.2) is 11.6 Å². The molecule has 0 aliphatic heterocycles. The molecule has 0 bridgehead atoms. The number of halogens is 2. The summed E-state index contributed by atoms with van der Waals surface area (Å²) in [6, 6.07) is 2.89. The Bertz CT molecular complexity index is 572. The van der Waals surface area contributed by atoms with E-state index in [2.05, 4.69) is 5.10 Å². The number of hydrogen-bond acceptors (Lipinski definition) is 3. The van der Waals surface area contributed by atoms with E-state index in [1.165, 1.54) is 6.20 Å². The van der Waals surface area contributed by atoms with Crippen LogP contribution in [0.5, 0.6) is 0 Å². The first-order chi connectivity index (χ1) is 7.99. The molecule has 0 spiro atoms. The first-order valence-electron chi connectivity index (χ1n) is 4.65. The van der Waals surface area contributed by atoms with E-state index in [-0.39, 0.29) is 0 Å². The zero-order chi connectivity index (χ0) is 12.6. The molecule has 0 saturated heterocycles. The molecule has 1 aromatic carbocycles. The average Bonchev–Trinajstić information content (AvgIpc) is 2.63. The van der Waals surface area contributed by atoms with Crippen LogP contribution in [0.3, 0.4) is 0 Å². The molecule has 0 aliphatic carbocycles. The maximum atomic E-state index is 13.6. The first-order valence-corrected chi connectivity index (χ1v) is 4.65. The zero-order valence-electron chi connectivity index (χ0n) is 8.72. The minimum atomic E-state index is -1.03. The van der Waals surface area contributed by atoms with Crippen LogP contribution in [0.1, 0.15) is 5.69 Å². The number of rotatable bonds is 2. The van der Waals surface area contributed by atoms with Crippen LogP contribution in [0.2, 0.25) is 0 Å². The topological polar surface area (TPSA) is 61.0 Å². The van der Waals surface area contributed by atoms with Gasteiger partial charge in [0.05, 0.1) is 22.7 Å². The fraction of sp³-hybridized carbons (Fsp3) is 0.100. The highest BCUT2D eigenvalue weighted by molar-refractivity contribution is 5.43. The Kier molecular flexibility index (Phi) is 2.58. The van der Waals surface area contributed by atoms with Crippen LogP contribution < -0.4 is 0 Å². The van der Waals surface area contributed by atoms with Crippen molar-refractivity contribution < 1.29 is 13.7 Å². The van der Waals surface area contributed by atoms with Crippen molar-refractivity contribution in [1.29, 1.82) is 0 Å². The second-order valence-corrected chi connectivity index (χ2v) is 3.42. The second-order valence-electron chi connectivity index (χ2n) is 3.42.